The fourth-order valence-corrected chi connectivity index (χ4v) is 2.77. The maximum Gasteiger partial charge on any atom is 0.251 e. The first kappa shape index (κ1) is 18.7. The van der Waals surface area contributed by atoms with Crippen molar-refractivity contribution in [3.05, 3.63) is 29.8 Å². The van der Waals surface area contributed by atoms with Gasteiger partial charge in [0.1, 0.15) is 0 Å². The fraction of sp³-hybridized carbons (Fsp3) is 0.467. The number of hydrazine groups is 1. The molecule has 0 fully saturated rings. The van der Waals surface area contributed by atoms with E-state index in [-0.39, 0.29) is 17.2 Å². The number of rotatable bonds is 6. The molecule has 0 aromatic heterocycles. The Morgan fingerprint density at radius 3 is 2.50 bits per heavy atom. The zero-order valence-electron chi connectivity index (χ0n) is 13.3. The standard InChI is InChI=1S/C15H23N3O2S2/c1-10-5-7-13(8-6-10)22-12(3)14(19)17-18-15(21)16-11(2)9-20-4/h5-8,11-12H,9H2,1-4H3,(H,17,19)(H2,16,18,21)/t11-,12+/m0/s1. The molecule has 0 spiro atoms. The molecular formula is C15H23N3O2S2. The Kier molecular flexibility index (Phi) is 8.22. The van der Waals surface area contributed by atoms with Gasteiger partial charge in [-0.25, -0.2) is 0 Å². The van der Waals surface area contributed by atoms with Crippen LogP contribution < -0.4 is 16.2 Å². The number of aryl methyl sites for hydroxylation is 1. The number of nitrogens with one attached hydrogen (secondary N) is 3. The number of carbonyl (C=O) groups is 1. The van der Waals surface area contributed by atoms with Gasteiger partial charge in [-0.1, -0.05) is 17.7 Å². The van der Waals surface area contributed by atoms with Crippen molar-refractivity contribution in [2.45, 2.75) is 37.0 Å². The topological polar surface area (TPSA) is 62.4 Å². The maximum atomic E-state index is 12.0. The summed E-state index contributed by atoms with van der Waals surface area (Å²) in [6.07, 6.45) is 0. The van der Waals surface area contributed by atoms with Crippen LogP contribution in [-0.2, 0) is 9.53 Å². The number of carbonyl (C=O) groups excluding carboxylic acids is 1. The lowest BCUT2D eigenvalue weighted by Crippen LogP contribution is -2.51. The van der Waals surface area contributed by atoms with Gasteiger partial charge in [-0.05, 0) is 45.1 Å². The molecule has 0 radical (unpaired) electrons. The first-order valence-corrected chi connectivity index (χ1v) is 8.29. The summed E-state index contributed by atoms with van der Waals surface area (Å²) in [5, 5.41) is 3.14. The molecule has 7 heteroatoms. The second-order valence-electron chi connectivity index (χ2n) is 5.02. The van der Waals surface area contributed by atoms with Crippen LogP contribution in [0.2, 0.25) is 0 Å². The van der Waals surface area contributed by atoms with Crippen molar-refractivity contribution in [3.8, 4) is 0 Å². The van der Waals surface area contributed by atoms with Gasteiger partial charge >= 0.3 is 0 Å². The highest BCUT2D eigenvalue weighted by Gasteiger charge is 2.14. The van der Waals surface area contributed by atoms with Crippen molar-refractivity contribution in [1.82, 2.24) is 16.2 Å². The highest BCUT2D eigenvalue weighted by atomic mass is 32.2. The quantitative estimate of drug-likeness (QED) is 0.418. The van der Waals surface area contributed by atoms with Crippen LogP contribution in [0.5, 0.6) is 0 Å². The molecule has 1 rings (SSSR count). The van der Waals surface area contributed by atoms with Gasteiger partial charge in [0.25, 0.3) is 5.91 Å². The van der Waals surface area contributed by atoms with Gasteiger partial charge in [0.05, 0.1) is 11.9 Å². The first-order chi connectivity index (χ1) is 10.4. The van der Waals surface area contributed by atoms with E-state index < -0.39 is 0 Å². The molecule has 122 valence electrons. The number of hydrogen-bond acceptors (Lipinski definition) is 4. The average molecular weight is 342 g/mol. The Hall–Kier alpha value is -1.31. The third-order valence-corrected chi connectivity index (χ3v) is 4.13. The third-order valence-electron chi connectivity index (χ3n) is 2.80. The van der Waals surface area contributed by atoms with E-state index in [9.17, 15) is 4.79 Å². The lowest BCUT2D eigenvalue weighted by atomic mass is 10.2. The van der Waals surface area contributed by atoms with Crippen LogP contribution in [0, 0.1) is 6.92 Å². The molecule has 2 atom stereocenters. The SMILES string of the molecule is COC[C@H](C)NC(=S)NNC(=O)[C@@H](C)Sc1ccc(C)cc1. The van der Waals surface area contributed by atoms with Crippen molar-refractivity contribution in [2.75, 3.05) is 13.7 Å². The number of thioether (sulfide) groups is 1. The Bertz CT molecular complexity index is 494. The molecular weight excluding hydrogens is 318 g/mol. The summed E-state index contributed by atoms with van der Waals surface area (Å²) in [6.45, 7) is 6.36. The van der Waals surface area contributed by atoms with Crippen LogP contribution in [0.3, 0.4) is 0 Å². The number of amides is 1. The molecule has 0 saturated carbocycles. The monoisotopic (exact) mass is 341 g/mol. The second-order valence-corrected chi connectivity index (χ2v) is 6.84. The molecule has 0 heterocycles. The molecule has 0 aliphatic heterocycles. The first-order valence-electron chi connectivity index (χ1n) is 7.01. The molecule has 0 aliphatic rings. The molecule has 0 aliphatic carbocycles. The average Bonchev–Trinajstić information content (AvgIpc) is 2.47. The molecule has 1 amide bonds. The summed E-state index contributed by atoms with van der Waals surface area (Å²) in [5.41, 5.74) is 6.51. The van der Waals surface area contributed by atoms with E-state index in [1.807, 2.05) is 45.0 Å². The summed E-state index contributed by atoms with van der Waals surface area (Å²) in [6, 6.07) is 8.15. The van der Waals surface area contributed by atoms with Gasteiger partial charge in [0.2, 0.25) is 0 Å². The van der Waals surface area contributed by atoms with Crippen LogP contribution in [0.25, 0.3) is 0 Å². The summed E-state index contributed by atoms with van der Waals surface area (Å²) in [4.78, 5) is 13.1. The van der Waals surface area contributed by atoms with Gasteiger partial charge < -0.3 is 10.1 Å². The van der Waals surface area contributed by atoms with Gasteiger partial charge in [-0.2, -0.15) is 0 Å². The van der Waals surface area contributed by atoms with E-state index in [1.165, 1.54) is 17.3 Å². The van der Waals surface area contributed by atoms with E-state index in [2.05, 4.69) is 16.2 Å². The molecule has 5 nitrogen and oxygen atoms in total. The number of hydrogen-bond donors (Lipinski definition) is 3. The Balaban J connectivity index is 2.34. The van der Waals surface area contributed by atoms with E-state index in [1.54, 1.807) is 7.11 Å². The van der Waals surface area contributed by atoms with Crippen LogP contribution in [0.1, 0.15) is 19.4 Å². The highest BCUT2D eigenvalue weighted by molar-refractivity contribution is 8.00. The van der Waals surface area contributed by atoms with Crippen LogP contribution in [0.4, 0.5) is 0 Å². The number of ether oxygens (including phenoxy) is 1. The largest absolute Gasteiger partial charge is 0.383 e. The lowest BCUT2D eigenvalue weighted by molar-refractivity contribution is -0.120. The minimum atomic E-state index is -0.227. The van der Waals surface area contributed by atoms with Crippen molar-refractivity contribution in [2.24, 2.45) is 0 Å². The number of thiocarbonyl (C=S) groups is 1. The molecule has 0 saturated heterocycles. The third kappa shape index (κ3) is 7.11. The van der Waals surface area contributed by atoms with Crippen molar-refractivity contribution < 1.29 is 9.53 Å². The predicted molar refractivity (Wildman–Crippen MR) is 94.8 cm³/mol. The number of benzene rings is 1. The Morgan fingerprint density at radius 1 is 1.27 bits per heavy atom. The molecule has 0 unspecified atom stereocenters. The van der Waals surface area contributed by atoms with Crippen molar-refractivity contribution >= 4 is 35.0 Å². The molecule has 0 bridgehead atoms. The van der Waals surface area contributed by atoms with E-state index in [0.717, 1.165) is 4.90 Å². The summed E-state index contributed by atoms with van der Waals surface area (Å²) >= 11 is 6.59. The van der Waals surface area contributed by atoms with Gasteiger partial charge in [0, 0.05) is 18.0 Å². The number of methoxy groups -OCH3 is 1. The van der Waals surface area contributed by atoms with Crippen LogP contribution >= 0.6 is 24.0 Å². The fourth-order valence-electron chi connectivity index (χ4n) is 1.65. The summed E-state index contributed by atoms with van der Waals surface area (Å²) < 4.78 is 5.00. The van der Waals surface area contributed by atoms with E-state index in [0.29, 0.717) is 11.7 Å². The maximum absolute atomic E-state index is 12.0. The molecule has 22 heavy (non-hydrogen) atoms. The van der Waals surface area contributed by atoms with Gasteiger partial charge in [0.15, 0.2) is 5.11 Å². The summed E-state index contributed by atoms with van der Waals surface area (Å²) in [7, 11) is 1.63. The highest BCUT2D eigenvalue weighted by Crippen LogP contribution is 2.23. The zero-order valence-corrected chi connectivity index (χ0v) is 14.9. The molecule has 3 N–H and O–H groups in total. The molecule has 1 aromatic carbocycles. The minimum absolute atomic E-state index is 0.0706. The smallest absolute Gasteiger partial charge is 0.251 e. The van der Waals surface area contributed by atoms with Crippen molar-refractivity contribution in [3.63, 3.8) is 0 Å². The Morgan fingerprint density at radius 2 is 1.91 bits per heavy atom. The van der Waals surface area contributed by atoms with Gasteiger partial charge in [-0.15, -0.1) is 11.8 Å². The predicted octanol–water partition coefficient (Wildman–Crippen LogP) is 2.01. The zero-order chi connectivity index (χ0) is 16.5. The Labute approximate surface area is 141 Å². The normalized spacial score (nSPS) is 13.1. The van der Waals surface area contributed by atoms with Crippen LogP contribution in [-0.4, -0.2) is 36.0 Å². The lowest BCUT2D eigenvalue weighted by Gasteiger charge is -2.18. The van der Waals surface area contributed by atoms with E-state index >= 15 is 0 Å². The molecule has 1 aromatic rings. The second kappa shape index (κ2) is 9.66. The van der Waals surface area contributed by atoms with E-state index in [4.69, 9.17) is 17.0 Å². The summed E-state index contributed by atoms with van der Waals surface area (Å²) in [5.74, 6) is -0.130. The van der Waals surface area contributed by atoms with Gasteiger partial charge in [-0.3, -0.25) is 15.6 Å². The van der Waals surface area contributed by atoms with Crippen LogP contribution in [0.15, 0.2) is 29.2 Å². The minimum Gasteiger partial charge on any atom is -0.383 e. The van der Waals surface area contributed by atoms with Crippen molar-refractivity contribution in [1.29, 1.82) is 0 Å².